The van der Waals surface area contributed by atoms with Crippen LogP contribution in [0, 0.1) is 28.6 Å². The summed E-state index contributed by atoms with van der Waals surface area (Å²) in [5.74, 6) is -1.04. The Hall–Kier alpha value is -1.43. The number of ketones is 1. The molecule has 29 heavy (non-hydrogen) atoms. The standard InChI is InChI=1S/C23H34O6/c1-13(24)28-17-11-15-7-5-6-9-21(15,3)16-12-19(29-14(2)25)22(4)10-8-18(26)23(22,27)20(16)17/h15-17,19-20,27H,5-12H2,1-4H3/t15-,16?,17?,19?,20?,21?,22?,23?/m1/s1. The van der Waals surface area contributed by atoms with Crippen molar-refractivity contribution in [3.05, 3.63) is 0 Å². The van der Waals surface area contributed by atoms with Gasteiger partial charge < -0.3 is 14.6 Å². The van der Waals surface area contributed by atoms with Crippen LogP contribution in [0.3, 0.4) is 0 Å². The molecule has 0 aromatic rings. The Morgan fingerprint density at radius 2 is 1.72 bits per heavy atom. The monoisotopic (exact) mass is 406 g/mol. The highest BCUT2D eigenvalue weighted by Gasteiger charge is 2.74. The summed E-state index contributed by atoms with van der Waals surface area (Å²) in [6.07, 6.45) is 5.44. The lowest BCUT2D eigenvalue weighted by atomic mass is 9.42. The quantitative estimate of drug-likeness (QED) is 0.709. The van der Waals surface area contributed by atoms with Crippen LogP contribution < -0.4 is 0 Å². The molecule has 162 valence electrons. The van der Waals surface area contributed by atoms with Crippen molar-refractivity contribution < 1.29 is 29.0 Å². The Balaban J connectivity index is 1.85. The second-order valence-corrected chi connectivity index (χ2v) is 10.4. The van der Waals surface area contributed by atoms with Gasteiger partial charge in [0.15, 0.2) is 5.78 Å². The lowest BCUT2D eigenvalue weighted by Crippen LogP contribution is -2.71. The first-order valence-electron chi connectivity index (χ1n) is 11.1. The number of Topliss-reactive ketones (excluding diaryl/α,β-unsaturated/α-hetero) is 1. The maximum Gasteiger partial charge on any atom is 0.302 e. The zero-order valence-corrected chi connectivity index (χ0v) is 18.0. The SMILES string of the molecule is CC(=O)OC1C[C@H]2CCCCC2(C)C2CC(OC(C)=O)C3(C)CCC(=O)C3(O)C12. The highest BCUT2D eigenvalue weighted by atomic mass is 16.6. The maximum atomic E-state index is 13.2. The van der Waals surface area contributed by atoms with Gasteiger partial charge in [0.25, 0.3) is 0 Å². The molecule has 0 aliphatic heterocycles. The maximum absolute atomic E-state index is 13.2. The van der Waals surface area contributed by atoms with Crippen LogP contribution in [0.4, 0.5) is 0 Å². The number of ether oxygens (including phenoxy) is 2. The van der Waals surface area contributed by atoms with Gasteiger partial charge in [-0.1, -0.05) is 26.7 Å². The number of esters is 2. The van der Waals surface area contributed by atoms with Crippen molar-refractivity contribution in [1.29, 1.82) is 0 Å². The van der Waals surface area contributed by atoms with Gasteiger partial charge in [-0.2, -0.15) is 0 Å². The normalized spacial score (nSPS) is 48.9. The molecular weight excluding hydrogens is 372 g/mol. The van der Waals surface area contributed by atoms with E-state index in [1.165, 1.54) is 13.8 Å². The minimum atomic E-state index is -1.64. The minimum Gasteiger partial charge on any atom is -0.462 e. The van der Waals surface area contributed by atoms with Gasteiger partial charge in [-0.15, -0.1) is 0 Å². The molecule has 0 amide bonds. The average molecular weight is 407 g/mol. The first-order valence-corrected chi connectivity index (χ1v) is 11.1. The fourth-order valence-corrected chi connectivity index (χ4v) is 7.63. The van der Waals surface area contributed by atoms with Crippen molar-refractivity contribution in [2.75, 3.05) is 0 Å². The molecule has 8 atom stereocenters. The summed E-state index contributed by atoms with van der Waals surface area (Å²) in [6.45, 7) is 6.93. The van der Waals surface area contributed by atoms with E-state index in [-0.39, 0.29) is 35.5 Å². The molecule has 0 aromatic carbocycles. The highest BCUT2D eigenvalue weighted by molar-refractivity contribution is 5.91. The molecule has 0 saturated heterocycles. The molecule has 4 aliphatic rings. The molecule has 0 heterocycles. The Bertz CT molecular complexity index is 733. The van der Waals surface area contributed by atoms with Crippen molar-refractivity contribution in [3.63, 3.8) is 0 Å². The molecule has 4 saturated carbocycles. The minimum absolute atomic E-state index is 0.0321. The lowest BCUT2D eigenvalue weighted by Gasteiger charge is -2.64. The molecule has 7 unspecified atom stereocenters. The summed E-state index contributed by atoms with van der Waals surface area (Å²) in [5, 5.41) is 12.1. The van der Waals surface area contributed by atoms with E-state index in [1.54, 1.807) is 0 Å². The van der Waals surface area contributed by atoms with Crippen molar-refractivity contribution in [2.45, 2.75) is 96.9 Å². The summed E-state index contributed by atoms with van der Waals surface area (Å²) in [7, 11) is 0. The van der Waals surface area contributed by atoms with Crippen LogP contribution in [0.1, 0.15) is 79.1 Å². The van der Waals surface area contributed by atoms with Crippen LogP contribution in [-0.4, -0.2) is 40.6 Å². The second-order valence-electron chi connectivity index (χ2n) is 10.4. The van der Waals surface area contributed by atoms with Gasteiger partial charge in [0, 0.05) is 31.6 Å². The molecule has 4 aliphatic carbocycles. The van der Waals surface area contributed by atoms with E-state index in [0.29, 0.717) is 25.2 Å². The van der Waals surface area contributed by atoms with E-state index in [2.05, 4.69) is 6.92 Å². The highest BCUT2D eigenvalue weighted by Crippen LogP contribution is 2.67. The van der Waals surface area contributed by atoms with E-state index in [9.17, 15) is 19.5 Å². The fraction of sp³-hybridized carbons (Fsp3) is 0.870. The second kappa shape index (κ2) is 6.79. The number of aliphatic hydroxyl groups is 1. The number of carbonyl (C=O) groups excluding carboxylic acids is 3. The molecule has 4 rings (SSSR count). The molecule has 6 nitrogen and oxygen atoms in total. The smallest absolute Gasteiger partial charge is 0.302 e. The molecule has 6 heteroatoms. The average Bonchev–Trinajstić information content (AvgIpc) is 2.87. The number of hydrogen-bond donors (Lipinski definition) is 1. The van der Waals surface area contributed by atoms with Crippen molar-refractivity contribution in [1.82, 2.24) is 0 Å². The van der Waals surface area contributed by atoms with Crippen molar-refractivity contribution >= 4 is 17.7 Å². The van der Waals surface area contributed by atoms with E-state index >= 15 is 0 Å². The van der Waals surface area contributed by atoms with E-state index in [4.69, 9.17) is 9.47 Å². The van der Waals surface area contributed by atoms with Crippen molar-refractivity contribution in [3.8, 4) is 0 Å². The number of fused-ring (bicyclic) bond motifs is 5. The Morgan fingerprint density at radius 1 is 1.03 bits per heavy atom. The topological polar surface area (TPSA) is 89.9 Å². The molecule has 0 bridgehead atoms. The summed E-state index contributed by atoms with van der Waals surface area (Å²) in [4.78, 5) is 37.0. The van der Waals surface area contributed by atoms with Gasteiger partial charge in [-0.25, -0.2) is 0 Å². The van der Waals surface area contributed by atoms with Gasteiger partial charge in [0.05, 0.1) is 0 Å². The summed E-state index contributed by atoms with van der Waals surface area (Å²) >= 11 is 0. The van der Waals surface area contributed by atoms with E-state index in [1.807, 2.05) is 6.92 Å². The summed E-state index contributed by atoms with van der Waals surface area (Å²) in [6, 6.07) is 0. The number of rotatable bonds is 2. The van der Waals surface area contributed by atoms with Crippen LogP contribution in [0.5, 0.6) is 0 Å². The predicted octanol–water partition coefficient (Wildman–Crippen LogP) is 3.19. The van der Waals surface area contributed by atoms with Gasteiger partial charge >= 0.3 is 11.9 Å². The van der Waals surface area contributed by atoms with E-state index < -0.39 is 29.1 Å². The number of hydrogen-bond acceptors (Lipinski definition) is 6. The zero-order valence-electron chi connectivity index (χ0n) is 18.0. The van der Waals surface area contributed by atoms with Crippen molar-refractivity contribution in [2.24, 2.45) is 28.6 Å². The molecule has 0 spiro atoms. The van der Waals surface area contributed by atoms with Crippen LogP contribution in [0.15, 0.2) is 0 Å². The summed E-state index contributed by atoms with van der Waals surface area (Å²) < 4.78 is 11.5. The Kier molecular flexibility index (Phi) is 4.88. The lowest BCUT2D eigenvalue weighted by molar-refractivity contribution is -0.260. The van der Waals surface area contributed by atoms with Crippen LogP contribution in [0.25, 0.3) is 0 Å². The van der Waals surface area contributed by atoms with Crippen LogP contribution in [0.2, 0.25) is 0 Å². The third kappa shape index (κ3) is 2.81. The van der Waals surface area contributed by atoms with Gasteiger partial charge in [0.2, 0.25) is 0 Å². The first-order chi connectivity index (χ1) is 13.5. The van der Waals surface area contributed by atoms with Crippen LogP contribution >= 0.6 is 0 Å². The third-order valence-electron chi connectivity index (χ3n) is 9.10. The zero-order chi connectivity index (χ0) is 21.2. The predicted molar refractivity (Wildman–Crippen MR) is 105 cm³/mol. The van der Waals surface area contributed by atoms with Gasteiger partial charge in [-0.05, 0) is 49.4 Å². The largest absolute Gasteiger partial charge is 0.462 e. The molecule has 0 radical (unpaired) electrons. The van der Waals surface area contributed by atoms with Crippen LogP contribution in [-0.2, 0) is 23.9 Å². The van der Waals surface area contributed by atoms with Gasteiger partial charge in [0.1, 0.15) is 17.8 Å². The van der Waals surface area contributed by atoms with Gasteiger partial charge in [-0.3, -0.25) is 14.4 Å². The number of carbonyl (C=O) groups is 3. The molecular formula is C23H34O6. The van der Waals surface area contributed by atoms with E-state index in [0.717, 1.165) is 25.7 Å². The molecule has 0 aromatic heterocycles. The Labute approximate surface area is 172 Å². The molecule has 4 fully saturated rings. The Morgan fingerprint density at radius 3 is 2.38 bits per heavy atom. The fourth-order valence-electron chi connectivity index (χ4n) is 7.63. The first kappa shape index (κ1) is 20.8. The third-order valence-corrected chi connectivity index (χ3v) is 9.10. The summed E-state index contributed by atoms with van der Waals surface area (Å²) in [5.41, 5.74) is -2.55. The molecule has 1 N–H and O–H groups in total.